The fourth-order valence-corrected chi connectivity index (χ4v) is 4.71. The van der Waals surface area contributed by atoms with Gasteiger partial charge >= 0.3 is 0 Å². The summed E-state index contributed by atoms with van der Waals surface area (Å²) < 4.78 is 0. The van der Waals surface area contributed by atoms with Gasteiger partial charge in [0, 0.05) is 35.5 Å². The fraction of sp³-hybridized carbons (Fsp3) is 0.0303. The molecule has 0 radical (unpaired) electrons. The lowest BCUT2D eigenvalue weighted by Crippen LogP contribution is -2.11. The molecule has 0 N–H and O–H groups in total. The molecule has 0 fully saturated rings. The van der Waals surface area contributed by atoms with Gasteiger partial charge in [-0.25, -0.2) is 0 Å². The second-order valence-electron chi connectivity index (χ2n) is 8.81. The summed E-state index contributed by atoms with van der Waals surface area (Å²) in [6.07, 6.45) is 0. The van der Waals surface area contributed by atoms with Crippen LogP contribution in [0.2, 0.25) is 0 Å². The van der Waals surface area contributed by atoms with Crippen LogP contribution in [0.15, 0.2) is 140 Å². The average molecular weight is 451 g/mol. The normalized spacial score (nSPS) is 11.0. The van der Waals surface area contributed by atoms with E-state index in [1.807, 2.05) is 0 Å². The Hall–Kier alpha value is -4.56. The second-order valence-corrected chi connectivity index (χ2v) is 8.81. The van der Waals surface area contributed by atoms with E-state index >= 15 is 0 Å². The van der Waals surface area contributed by atoms with E-state index < -0.39 is 0 Å². The molecule has 6 aromatic rings. The highest BCUT2D eigenvalue weighted by atomic mass is 15.1. The molecule has 6 rings (SSSR count). The van der Waals surface area contributed by atoms with Crippen LogP contribution in [0.25, 0.3) is 21.5 Å². The van der Waals surface area contributed by atoms with Crippen molar-refractivity contribution < 1.29 is 0 Å². The van der Waals surface area contributed by atoms with Gasteiger partial charge < -0.3 is 9.80 Å². The van der Waals surface area contributed by atoms with Crippen LogP contribution in [-0.4, -0.2) is 7.05 Å². The largest absolute Gasteiger partial charge is 0.345 e. The summed E-state index contributed by atoms with van der Waals surface area (Å²) in [5.74, 6) is 0. The monoisotopic (exact) mass is 450 g/mol. The van der Waals surface area contributed by atoms with Crippen molar-refractivity contribution >= 4 is 50.0 Å². The fourth-order valence-electron chi connectivity index (χ4n) is 4.71. The Morgan fingerprint density at radius 1 is 0.343 bits per heavy atom. The lowest BCUT2D eigenvalue weighted by molar-refractivity contribution is 1.21. The first-order valence-electron chi connectivity index (χ1n) is 11.9. The van der Waals surface area contributed by atoms with Crippen molar-refractivity contribution in [3.05, 3.63) is 140 Å². The lowest BCUT2D eigenvalue weighted by Gasteiger charge is -2.26. The second kappa shape index (κ2) is 9.00. The van der Waals surface area contributed by atoms with Crippen LogP contribution in [0.4, 0.5) is 28.4 Å². The van der Waals surface area contributed by atoms with E-state index in [-0.39, 0.29) is 0 Å². The van der Waals surface area contributed by atoms with Gasteiger partial charge in [-0.15, -0.1) is 0 Å². The minimum Gasteiger partial charge on any atom is -0.345 e. The first-order valence-corrected chi connectivity index (χ1v) is 11.9. The highest BCUT2D eigenvalue weighted by molar-refractivity contribution is 5.99. The topological polar surface area (TPSA) is 6.48 Å². The molecule has 35 heavy (non-hydrogen) atoms. The number of hydrogen-bond donors (Lipinski definition) is 0. The Bertz CT molecular complexity index is 1550. The molecule has 0 unspecified atom stereocenters. The van der Waals surface area contributed by atoms with Crippen molar-refractivity contribution in [3.63, 3.8) is 0 Å². The van der Waals surface area contributed by atoms with E-state index in [0.29, 0.717) is 0 Å². The van der Waals surface area contributed by atoms with E-state index in [9.17, 15) is 0 Å². The summed E-state index contributed by atoms with van der Waals surface area (Å²) in [4.78, 5) is 4.53. The molecule has 0 aliphatic heterocycles. The summed E-state index contributed by atoms with van der Waals surface area (Å²) in [6.45, 7) is 0. The molecule has 2 heteroatoms. The zero-order valence-electron chi connectivity index (χ0n) is 19.7. The van der Waals surface area contributed by atoms with Crippen molar-refractivity contribution in [3.8, 4) is 0 Å². The maximum absolute atomic E-state index is 2.28. The summed E-state index contributed by atoms with van der Waals surface area (Å²) in [5, 5.41) is 5.06. The summed E-state index contributed by atoms with van der Waals surface area (Å²) in [6, 6.07) is 49.6. The summed E-state index contributed by atoms with van der Waals surface area (Å²) in [7, 11) is 2.13. The SMILES string of the molecule is CN(c1ccc(N(c2ccccc2)c2ccccc2)cc1)c1ccc2cc3ccccc3cc2c1. The van der Waals surface area contributed by atoms with Crippen LogP contribution in [0.1, 0.15) is 0 Å². The van der Waals surface area contributed by atoms with Gasteiger partial charge in [0.1, 0.15) is 0 Å². The molecular weight excluding hydrogens is 424 g/mol. The average Bonchev–Trinajstić information content (AvgIpc) is 2.93. The van der Waals surface area contributed by atoms with Crippen LogP contribution in [0, 0.1) is 0 Å². The van der Waals surface area contributed by atoms with E-state index in [4.69, 9.17) is 0 Å². The van der Waals surface area contributed by atoms with Crippen molar-refractivity contribution in [2.75, 3.05) is 16.8 Å². The summed E-state index contributed by atoms with van der Waals surface area (Å²) in [5.41, 5.74) is 5.73. The minimum atomic E-state index is 1.13. The maximum atomic E-state index is 2.28. The number of hydrogen-bond acceptors (Lipinski definition) is 2. The Morgan fingerprint density at radius 2 is 0.771 bits per heavy atom. The van der Waals surface area contributed by atoms with Crippen molar-refractivity contribution in [2.45, 2.75) is 0 Å². The molecule has 2 nitrogen and oxygen atoms in total. The molecule has 0 aromatic heterocycles. The molecule has 0 amide bonds. The molecule has 0 saturated carbocycles. The third kappa shape index (κ3) is 4.11. The highest BCUT2D eigenvalue weighted by Crippen LogP contribution is 2.36. The third-order valence-electron chi connectivity index (χ3n) is 6.60. The Labute approximate surface area is 206 Å². The minimum absolute atomic E-state index is 1.13. The van der Waals surface area contributed by atoms with E-state index in [2.05, 4.69) is 156 Å². The van der Waals surface area contributed by atoms with Crippen LogP contribution in [0.5, 0.6) is 0 Å². The van der Waals surface area contributed by atoms with Crippen molar-refractivity contribution in [1.82, 2.24) is 0 Å². The molecule has 0 heterocycles. The predicted octanol–water partition coefficient (Wildman–Crippen LogP) is 9.23. The smallest absolute Gasteiger partial charge is 0.0463 e. The molecule has 0 bridgehead atoms. The van der Waals surface area contributed by atoms with Gasteiger partial charge in [-0.05, 0) is 94.3 Å². The van der Waals surface area contributed by atoms with Gasteiger partial charge in [0.25, 0.3) is 0 Å². The zero-order valence-corrected chi connectivity index (χ0v) is 19.7. The van der Waals surface area contributed by atoms with E-state index in [1.54, 1.807) is 0 Å². The first kappa shape index (κ1) is 21.0. The quantitative estimate of drug-likeness (QED) is 0.242. The number of fused-ring (bicyclic) bond motifs is 2. The van der Waals surface area contributed by atoms with Crippen molar-refractivity contribution in [1.29, 1.82) is 0 Å². The Balaban J connectivity index is 1.34. The van der Waals surface area contributed by atoms with Crippen LogP contribution < -0.4 is 9.80 Å². The number of rotatable bonds is 5. The molecule has 0 spiro atoms. The maximum Gasteiger partial charge on any atom is 0.0463 e. The van der Waals surface area contributed by atoms with Gasteiger partial charge in [0.15, 0.2) is 0 Å². The zero-order chi connectivity index (χ0) is 23.6. The first-order chi connectivity index (χ1) is 17.3. The van der Waals surface area contributed by atoms with Crippen LogP contribution >= 0.6 is 0 Å². The number of para-hydroxylation sites is 2. The Morgan fingerprint density at radius 3 is 1.37 bits per heavy atom. The summed E-state index contributed by atoms with van der Waals surface area (Å²) >= 11 is 0. The highest BCUT2D eigenvalue weighted by Gasteiger charge is 2.13. The van der Waals surface area contributed by atoms with Crippen LogP contribution in [-0.2, 0) is 0 Å². The Kier molecular flexibility index (Phi) is 5.40. The molecular formula is C33H26N2. The number of benzene rings is 6. The lowest BCUT2D eigenvalue weighted by atomic mass is 10.0. The molecule has 0 saturated heterocycles. The van der Waals surface area contributed by atoms with E-state index in [1.165, 1.54) is 27.2 Å². The van der Waals surface area contributed by atoms with Gasteiger partial charge in [0.05, 0.1) is 0 Å². The number of anilines is 5. The van der Waals surface area contributed by atoms with Crippen molar-refractivity contribution in [2.24, 2.45) is 0 Å². The van der Waals surface area contributed by atoms with E-state index in [0.717, 1.165) is 22.7 Å². The molecule has 0 atom stereocenters. The van der Waals surface area contributed by atoms with Gasteiger partial charge in [-0.1, -0.05) is 66.7 Å². The molecule has 0 aliphatic rings. The standard InChI is InChI=1S/C33H26N2/c1-34(33-17-16-27-22-25-10-8-9-11-26(25)23-28(27)24-33)29-18-20-32(21-19-29)35(30-12-4-2-5-13-30)31-14-6-3-7-15-31/h2-24H,1H3. The van der Waals surface area contributed by atoms with Gasteiger partial charge in [-0.2, -0.15) is 0 Å². The molecule has 168 valence electrons. The van der Waals surface area contributed by atoms with Gasteiger partial charge in [-0.3, -0.25) is 0 Å². The van der Waals surface area contributed by atoms with Crippen LogP contribution in [0.3, 0.4) is 0 Å². The number of nitrogens with zero attached hydrogens (tertiary/aromatic N) is 2. The third-order valence-corrected chi connectivity index (χ3v) is 6.60. The molecule has 0 aliphatic carbocycles. The molecule has 6 aromatic carbocycles. The predicted molar refractivity (Wildman–Crippen MR) is 151 cm³/mol. The van der Waals surface area contributed by atoms with Gasteiger partial charge in [0.2, 0.25) is 0 Å².